The number of hydrogen-bond donors (Lipinski definition) is 2. The van der Waals surface area contributed by atoms with Crippen LogP contribution < -0.4 is 64.4 Å². The molecule has 0 rings (SSSR count). The largest absolute Gasteiger partial charge is 1.00 e. The average Bonchev–Trinajstić information content (AvgIpc) is 1.85. The number of aliphatic carboxylic acids is 2. The molecule has 0 heterocycles. The van der Waals surface area contributed by atoms with Crippen LogP contribution in [0.15, 0.2) is 0 Å². The molecule has 0 spiro atoms. The van der Waals surface area contributed by atoms with E-state index in [-0.39, 0.29) is 85.0 Å². The summed E-state index contributed by atoms with van der Waals surface area (Å²) in [5.74, 6) is -1.83. The van der Waals surface area contributed by atoms with E-state index in [1.54, 1.807) is 0 Å². The molecule has 0 aliphatic heterocycles. The van der Waals surface area contributed by atoms with Crippen molar-refractivity contribution in [2.45, 2.75) is 12.8 Å². The second-order valence-corrected chi connectivity index (χ2v) is 1.96. The van der Waals surface area contributed by atoms with Gasteiger partial charge in [0.2, 0.25) is 0 Å². The van der Waals surface area contributed by atoms with E-state index in [1.165, 1.54) is 0 Å². The molecule has 0 aromatic heterocycles. The van der Waals surface area contributed by atoms with E-state index in [0.717, 1.165) is 0 Å². The number of carbonyl (C=O) groups is 2. The number of nitrogens with zero attached hydrogens (tertiary/aromatic N) is 1. The maximum absolute atomic E-state index is 9.92. The Morgan fingerprint density at radius 3 is 1.46 bits per heavy atom. The summed E-state index contributed by atoms with van der Waals surface area (Å²) in [6.07, 6.45) is -0.0563. The zero-order valence-corrected chi connectivity index (χ0v) is 12.0. The summed E-state index contributed by atoms with van der Waals surface area (Å²) >= 11 is 0. The Labute approximate surface area is 121 Å². The Morgan fingerprint density at radius 2 is 1.23 bits per heavy atom. The molecule has 2 N–H and O–H groups in total. The van der Waals surface area contributed by atoms with Gasteiger partial charge in [-0.2, -0.15) is 0 Å². The van der Waals surface area contributed by atoms with Gasteiger partial charge in [-0.1, -0.05) is 0 Å². The van der Waals surface area contributed by atoms with E-state index < -0.39 is 11.9 Å². The van der Waals surface area contributed by atoms with Crippen LogP contribution in [0.2, 0.25) is 0 Å². The van der Waals surface area contributed by atoms with Gasteiger partial charge in [-0.25, -0.2) is 0 Å². The Morgan fingerprint density at radius 1 is 0.923 bits per heavy atom. The molecule has 0 unspecified atom stereocenters. The summed E-state index contributed by atoms with van der Waals surface area (Å²) < 4.78 is 0. The fraction of sp³-hybridized carbons (Fsp3) is 0.667. The molecule has 0 saturated carbocycles. The first-order valence-corrected chi connectivity index (χ1v) is 3.20. The smallest absolute Gasteiger partial charge is 0.481 e. The van der Waals surface area contributed by atoms with E-state index in [2.05, 4.69) is 5.32 Å². The van der Waals surface area contributed by atoms with Crippen molar-refractivity contribution in [3.05, 3.63) is 0 Å². The molecule has 0 aromatic carbocycles. The molecular formula is C6H10NNa2O4+3. The van der Waals surface area contributed by atoms with Crippen molar-refractivity contribution in [1.29, 1.82) is 0 Å². The minimum Gasteiger partial charge on any atom is -0.481 e. The van der Waals surface area contributed by atoms with Gasteiger partial charge < -0.3 is 10.2 Å². The van der Waals surface area contributed by atoms with Gasteiger partial charge in [-0.05, 0) is 0 Å². The van der Waals surface area contributed by atoms with E-state index in [9.17, 15) is 9.59 Å². The Kier molecular flexibility index (Phi) is 19.3. The van der Waals surface area contributed by atoms with E-state index >= 15 is 0 Å². The number of carboxylic acids is 2. The first-order valence-electron chi connectivity index (χ1n) is 3.20. The molecule has 0 fully saturated rings. The summed E-state index contributed by atoms with van der Waals surface area (Å²) in [5.41, 5.74) is 0. The molecule has 7 heteroatoms. The predicted molar refractivity (Wildman–Crippen MR) is 36.4 cm³/mol. The molecule has 0 saturated heterocycles. The van der Waals surface area contributed by atoms with Crippen LogP contribution in [0.3, 0.4) is 0 Å². The second-order valence-electron chi connectivity index (χ2n) is 1.96. The van der Waals surface area contributed by atoms with Crippen LogP contribution >= 0.6 is 0 Å². The molecule has 13 heavy (non-hydrogen) atoms. The molecule has 0 aliphatic rings. The van der Waals surface area contributed by atoms with Crippen molar-refractivity contribution in [3.8, 4) is 0 Å². The van der Waals surface area contributed by atoms with Crippen molar-refractivity contribution in [1.82, 2.24) is 5.32 Å². The summed E-state index contributed by atoms with van der Waals surface area (Å²) in [6.45, 7) is 0.394. The van der Waals surface area contributed by atoms with Gasteiger partial charge in [0.1, 0.15) is 12.8 Å². The molecular weight excluding hydrogens is 196 g/mol. The number of carboxylic acid groups (broad SMARTS) is 2. The fourth-order valence-electron chi connectivity index (χ4n) is 0.461. The standard InChI is InChI=1S/C6H10NO4.2Na/c8-5(9)1-3-7-4-2-6(10)11;;/h1-4H2,(H,8,9)(H,10,11);;/q3*+1. The van der Waals surface area contributed by atoms with Gasteiger partial charge in [-0.3, -0.25) is 9.59 Å². The maximum atomic E-state index is 9.92. The van der Waals surface area contributed by atoms with Crippen LogP contribution in [-0.4, -0.2) is 35.2 Å². The average molecular weight is 206 g/mol. The minimum atomic E-state index is -0.913. The van der Waals surface area contributed by atoms with Crippen LogP contribution in [-0.2, 0) is 9.59 Å². The normalized spacial score (nSPS) is 8.00. The van der Waals surface area contributed by atoms with Crippen molar-refractivity contribution in [3.63, 3.8) is 0 Å². The maximum Gasteiger partial charge on any atom is 1.00 e. The van der Waals surface area contributed by atoms with E-state index in [4.69, 9.17) is 10.2 Å². The van der Waals surface area contributed by atoms with Crippen LogP contribution in [0.5, 0.6) is 0 Å². The van der Waals surface area contributed by atoms with Gasteiger partial charge in [0.05, 0.1) is 5.32 Å². The summed E-state index contributed by atoms with van der Waals surface area (Å²) in [6, 6.07) is 0. The van der Waals surface area contributed by atoms with Crippen LogP contribution in [0.25, 0.3) is 0 Å². The quantitative estimate of drug-likeness (QED) is 0.334. The first-order chi connectivity index (χ1) is 5.13. The zero-order chi connectivity index (χ0) is 8.69. The Balaban J connectivity index is -0.000000500. The van der Waals surface area contributed by atoms with Crippen LogP contribution in [0.4, 0.5) is 0 Å². The molecule has 0 aliphatic carbocycles. The van der Waals surface area contributed by atoms with Gasteiger partial charge in [0.25, 0.3) is 0 Å². The van der Waals surface area contributed by atoms with Crippen molar-refractivity contribution < 1.29 is 78.9 Å². The Hall–Kier alpha value is 0.900. The minimum absolute atomic E-state index is 0. The number of rotatable bonds is 6. The van der Waals surface area contributed by atoms with Crippen molar-refractivity contribution in [2.24, 2.45) is 0 Å². The van der Waals surface area contributed by atoms with Gasteiger partial charge in [-0.15, -0.1) is 0 Å². The SMILES string of the molecule is O=C(O)CC[N+]CCC(=O)O.[Na+].[Na+]. The molecule has 2 radical (unpaired) electrons. The van der Waals surface area contributed by atoms with Gasteiger partial charge in [0, 0.05) is 0 Å². The summed E-state index contributed by atoms with van der Waals surface area (Å²) in [7, 11) is 0. The third-order valence-corrected chi connectivity index (χ3v) is 0.968. The van der Waals surface area contributed by atoms with Gasteiger partial charge >= 0.3 is 71.1 Å². The molecule has 0 aromatic rings. The Bertz CT molecular complexity index is 138. The molecule has 5 nitrogen and oxygen atoms in total. The molecule has 62 valence electrons. The fourth-order valence-corrected chi connectivity index (χ4v) is 0.461. The van der Waals surface area contributed by atoms with Gasteiger partial charge in [0.15, 0.2) is 13.1 Å². The first kappa shape index (κ1) is 19.5. The second kappa shape index (κ2) is 12.9. The summed E-state index contributed by atoms with van der Waals surface area (Å²) in [4.78, 5) is 19.8. The zero-order valence-electron chi connectivity index (χ0n) is 7.99. The van der Waals surface area contributed by atoms with E-state index in [1.807, 2.05) is 0 Å². The third-order valence-electron chi connectivity index (χ3n) is 0.968. The van der Waals surface area contributed by atoms with Crippen LogP contribution in [0.1, 0.15) is 12.8 Å². The number of hydrogen-bond acceptors (Lipinski definition) is 2. The third kappa shape index (κ3) is 19.3. The van der Waals surface area contributed by atoms with E-state index in [0.29, 0.717) is 0 Å². The van der Waals surface area contributed by atoms with Crippen molar-refractivity contribution >= 4 is 11.9 Å². The predicted octanol–water partition coefficient (Wildman–Crippen LogP) is -6.45. The summed E-state index contributed by atoms with van der Waals surface area (Å²) in [5, 5.41) is 20.0. The molecule has 0 amide bonds. The molecule has 0 bridgehead atoms. The van der Waals surface area contributed by atoms with Crippen molar-refractivity contribution in [2.75, 3.05) is 13.1 Å². The monoisotopic (exact) mass is 206 g/mol. The molecule has 0 atom stereocenters. The van der Waals surface area contributed by atoms with Crippen LogP contribution in [0, 0.1) is 0 Å². The topological polar surface area (TPSA) is 88.7 Å².